The molecule has 2 heterocycles. The van der Waals surface area contributed by atoms with Crippen molar-refractivity contribution in [2.24, 2.45) is 0 Å². The molecule has 7 heteroatoms. The number of halogens is 4. The van der Waals surface area contributed by atoms with Gasteiger partial charge in [0.05, 0.1) is 17.8 Å². The fourth-order valence-corrected chi connectivity index (χ4v) is 2.09. The molecule has 0 atom stereocenters. The molecule has 0 fully saturated rings. The maximum absolute atomic E-state index is 12.7. The van der Waals surface area contributed by atoms with Crippen molar-refractivity contribution in [3.8, 4) is 0 Å². The van der Waals surface area contributed by atoms with Crippen LogP contribution in [0, 0.1) is 0 Å². The first-order chi connectivity index (χ1) is 9.90. The van der Waals surface area contributed by atoms with E-state index in [0.717, 1.165) is 29.8 Å². The standard InChI is InChI=1S/C14H13ClF3N3/c1-2-9-4-3-5-19-11(9)8-20-13-7-10(14(16,17)18)6-12(15)21-13/h3-7H,2,8H2,1H3,(H,20,21). The van der Waals surface area contributed by atoms with Gasteiger partial charge in [-0.15, -0.1) is 0 Å². The lowest BCUT2D eigenvalue weighted by Crippen LogP contribution is -2.09. The van der Waals surface area contributed by atoms with Gasteiger partial charge in [0.25, 0.3) is 0 Å². The monoisotopic (exact) mass is 315 g/mol. The van der Waals surface area contributed by atoms with Crippen molar-refractivity contribution in [2.75, 3.05) is 5.32 Å². The lowest BCUT2D eigenvalue weighted by atomic mass is 10.1. The third-order valence-electron chi connectivity index (χ3n) is 2.92. The summed E-state index contributed by atoms with van der Waals surface area (Å²) in [5.41, 5.74) is 0.972. The van der Waals surface area contributed by atoms with Gasteiger partial charge >= 0.3 is 6.18 Å². The molecule has 1 N–H and O–H groups in total. The van der Waals surface area contributed by atoms with Gasteiger partial charge in [-0.2, -0.15) is 13.2 Å². The molecular formula is C14H13ClF3N3. The van der Waals surface area contributed by atoms with E-state index >= 15 is 0 Å². The smallest absolute Gasteiger partial charge is 0.364 e. The predicted molar refractivity (Wildman–Crippen MR) is 75.2 cm³/mol. The highest BCUT2D eigenvalue weighted by atomic mass is 35.5. The highest BCUT2D eigenvalue weighted by Gasteiger charge is 2.31. The number of hydrogen-bond acceptors (Lipinski definition) is 3. The summed E-state index contributed by atoms with van der Waals surface area (Å²) in [6.45, 7) is 2.27. The van der Waals surface area contributed by atoms with Gasteiger partial charge in [0.1, 0.15) is 11.0 Å². The Balaban J connectivity index is 2.19. The first-order valence-electron chi connectivity index (χ1n) is 6.31. The van der Waals surface area contributed by atoms with E-state index in [9.17, 15) is 13.2 Å². The van der Waals surface area contributed by atoms with Gasteiger partial charge in [-0.3, -0.25) is 4.98 Å². The molecule has 0 saturated heterocycles. The Bertz CT molecular complexity index is 629. The van der Waals surface area contributed by atoms with Crippen LogP contribution >= 0.6 is 11.6 Å². The maximum Gasteiger partial charge on any atom is 0.416 e. The summed E-state index contributed by atoms with van der Waals surface area (Å²) in [7, 11) is 0. The van der Waals surface area contributed by atoms with Crippen molar-refractivity contribution in [2.45, 2.75) is 26.1 Å². The molecule has 3 nitrogen and oxygen atoms in total. The van der Waals surface area contributed by atoms with E-state index in [0.29, 0.717) is 0 Å². The lowest BCUT2D eigenvalue weighted by Gasteiger charge is -2.12. The molecule has 0 saturated carbocycles. The molecule has 0 aliphatic rings. The number of anilines is 1. The first kappa shape index (κ1) is 15.6. The van der Waals surface area contributed by atoms with Gasteiger partial charge < -0.3 is 5.32 Å². The van der Waals surface area contributed by atoms with Gasteiger partial charge in [-0.1, -0.05) is 24.6 Å². The second-order valence-corrected chi connectivity index (χ2v) is 4.77. The van der Waals surface area contributed by atoms with Crippen LogP contribution in [-0.4, -0.2) is 9.97 Å². The van der Waals surface area contributed by atoms with Gasteiger partial charge in [0.2, 0.25) is 0 Å². The molecule has 0 unspecified atom stereocenters. The van der Waals surface area contributed by atoms with Crippen molar-refractivity contribution >= 4 is 17.4 Å². The number of rotatable bonds is 4. The van der Waals surface area contributed by atoms with E-state index in [1.54, 1.807) is 6.20 Å². The highest BCUT2D eigenvalue weighted by Crippen LogP contribution is 2.32. The Morgan fingerprint density at radius 1 is 1.29 bits per heavy atom. The first-order valence-corrected chi connectivity index (χ1v) is 6.69. The molecule has 0 amide bonds. The van der Waals surface area contributed by atoms with Crippen LogP contribution in [0.5, 0.6) is 0 Å². The Hall–Kier alpha value is -1.82. The average molecular weight is 316 g/mol. The summed E-state index contributed by atoms with van der Waals surface area (Å²) < 4.78 is 38.1. The third-order valence-corrected chi connectivity index (χ3v) is 3.12. The number of hydrogen-bond donors (Lipinski definition) is 1. The fourth-order valence-electron chi connectivity index (χ4n) is 1.88. The Labute approximate surface area is 125 Å². The van der Waals surface area contributed by atoms with Crippen LogP contribution in [0.15, 0.2) is 30.5 Å². The molecular weight excluding hydrogens is 303 g/mol. The number of pyridine rings is 2. The van der Waals surface area contributed by atoms with Crippen molar-refractivity contribution in [1.29, 1.82) is 0 Å². The van der Waals surface area contributed by atoms with Crippen molar-refractivity contribution in [3.63, 3.8) is 0 Å². The van der Waals surface area contributed by atoms with E-state index in [1.165, 1.54) is 0 Å². The number of nitrogens with zero attached hydrogens (tertiary/aromatic N) is 2. The average Bonchev–Trinajstić information content (AvgIpc) is 2.44. The van der Waals surface area contributed by atoms with Crippen LogP contribution in [0.25, 0.3) is 0 Å². The largest absolute Gasteiger partial charge is 0.416 e. The molecule has 0 bridgehead atoms. The molecule has 2 aromatic heterocycles. The Morgan fingerprint density at radius 3 is 2.71 bits per heavy atom. The summed E-state index contributed by atoms with van der Waals surface area (Å²) in [5, 5.41) is 2.63. The molecule has 2 aromatic rings. The third kappa shape index (κ3) is 4.07. The van der Waals surface area contributed by atoms with E-state index < -0.39 is 11.7 Å². The van der Waals surface area contributed by atoms with Crippen LogP contribution in [-0.2, 0) is 19.1 Å². The molecule has 0 aromatic carbocycles. The predicted octanol–water partition coefficient (Wildman–Crippen LogP) is 4.32. The summed E-state index contributed by atoms with van der Waals surface area (Å²) in [6, 6.07) is 5.48. The summed E-state index contributed by atoms with van der Waals surface area (Å²) in [6.07, 6.45) is -2.02. The van der Waals surface area contributed by atoms with E-state index in [4.69, 9.17) is 11.6 Å². The summed E-state index contributed by atoms with van der Waals surface area (Å²) >= 11 is 5.63. The zero-order valence-electron chi connectivity index (χ0n) is 11.2. The molecule has 0 spiro atoms. The number of alkyl halides is 3. The number of aromatic nitrogens is 2. The van der Waals surface area contributed by atoms with Crippen LogP contribution in [0.3, 0.4) is 0 Å². The normalized spacial score (nSPS) is 11.5. The molecule has 0 aliphatic heterocycles. The molecule has 112 valence electrons. The minimum atomic E-state index is -4.46. The molecule has 0 aliphatic carbocycles. The van der Waals surface area contributed by atoms with Gasteiger partial charge in [0, 0.05) is 6.20 Å². The van der Waals surface area contributed by atoms with E-state index in [-0.39, 0.29) is 17.5 Å². The van der Waals surface area contributed by atoms with Gasteiger partial charge in [0.15, 0.2) is 0 Å². The van der Waals surface area contributed by atoms with Crippen molar-refractivity contribution in [3.05, 3.63) is 52.4 Å². The zero-order valence-corrected chi connectivity index (χ0v) is 12.0. The van der Waals surface area contributed by atoms with Gasteiger partial charge in [-0.05, 0) is 30.2 Å². The van der Waals surface area contributed by atoms with Crippen molar-refractivity contribution < 1.29 is 13.2 Å². The number of nitrogens with one attached hydrogen (secondary N) is 1. The molecule has 21 heavy (non-hydrogen) atoms. The second kappa shape index (κ2) is 6.30. The van der Waals surface area contributed by atoms with E-state index in [2.05, 4.69) is 15.3 Å². The zero-order chi connectivity index (χ0) is 15.5. The van der Waals surface area contributed by atoms with E-state index in [1.807, 2.05) is 19.1 Å². The minimum Gasteiger partial charge on any atom is -0.364 e. The van der Waals surface area contributed by atoms with Crippen molar-refractivity contribution in [1.82, 2.24) is 9.97 Å². The quantitative estimate of drug-likeness (QED) is 0.854. The van der Waals surface area contributed by atoms with Crippen LogP contribution in [0.1, 0.15) is 23.7 Å². The Kier molecular flexibility index (Phi) is 4.67. The van der Waals surface area contributed by atoms with Crippen LogP contribution in [0.4, 0.5) is 19.0 Å². The SMILES string of the molecule is CCc1cccnc1CNc1cc(C(F)(F)F)cc(Cl)n1. The summed E-state index contributed by atoms with van der Waals surface area (Å²) in [5.74, 6) is 0.0718. The summed E-state index contributed by atoms with van der Waals surface area (Å²) in [4.78, 5) is 8.06. The molecule has 0 radical (unpaired) electrons. The second-order valence-electron chi connectivity index (χ2n) is 4.38. The van der Waals surface area contributed by atoms with Crippen LogP contribution in [0.2, 0.25) is 5.15 Å². The topological polar surface area (TPSA) is 37.8 Å². The fraction of sp³-hybridized carbons (Fsp3) is 0.286. The minimum absolute atomic E-state index is 0.0718. The molecule has 2 rings (SSSR count). The Morgan fingerprint density at radius 2 is 2.05 bits per heavy atom. The van der Waals surface area contributed by atoms with Crippen LogP contribution < -0.4 is 5.32 Å². The lowest BCUT2D eigenvalue weighted by molar-refractivity contribution is -0.137. The van der Waals surface area contributed by atoms with Gasteiger partial charge in [-0.25, -0.2) is 4.98 Å². The number of aryl methyl sites for hydroxylation is 1. The highest BCUT2D eigenvalue weighted by molar-refractivity contribution is 6.29. The maximum atomic E-state index is 12.7.